The predicted molar refractivity (Wildman–Crippen MR) is 66.9 cm³/mol. The lowest BCUT2D eigenvalue weighted by Crippen LogP contribution is -2.49. The predicted octanol–water partition coefficient (Wildman–Crippen LogP) is 0.579. The number of hydrogen-bond acceptors (Lipinski definition) is 4. The number of nitrogens with two attached hydrogens (primary N) is 1. The van der Waals surface area contributed by atoms with Gasteiger partial charge in [-0.1, -0.05) is 19.0 Å². The maximum atomic E-state index is 12.2. The van der Waals surface area contributed by atoms with Crippen LogP contribution in [0.25, 0.3) is 0 Å². The number of hydrogen-bond donors (Lipinski definition) is 4. The van der Waals surface area contributed by atoms with Crippen LogP contribution in [0, 0.1) is 5.41 Å². The van der Waals surface area contributed by atoms with Crippen LogP contribution in [-0.2, 0) is 11.3 Å². The fraction of sp³-hybridized carbons (Fsp3) is 0.545. The Morgan fingerprint density at radius 1 is 1.61 bits per heavy atom. The molecular weight excluding hydrogens is 234 g/mol. The van der Waals surface area contributed by atoms with Gasteiger partial charge in [0.1, 0.15) is 5.41 Å². The van der Waals surface area contributed by atoms with Gasteiger partial charge in [-0.15, -0.1) is 0 Å². The van der Waals surface area contributed by atoms with Crippen molar-refractivity contribution in [3.8, 4) is 0 Å². The number of oxime groups is 1. The van der Waals surface area contributed by atoms with Crippen molar-refractivity contribution in [3.05, 3.63) is 18.0 Å². The van der Waals surface area contributed by atoms with E-state index in [2.05, 4.69) is 20.7 Å². The Labute approximate surface area is 105 Å². The Kier molecular flexibility index (Phi) is 4.70. The number of carbonyl (C=O) groups is 1. The highest BCUT2D eigenvalue weighted by molar-refractivity contribution is 6.06. The second kappa shape index (κ2) is 6.04. The molecule has 1 amide bonds. The van der Waals surface area contributed by atoms with Crippen LogP contribution in [0.4, 0.5) is 0 Å². The number of amidine groups is 1. The molecule has 0 unspecified atom stereocenters. The summed E-state index contributed by atoms with van der Waals surface area (Å²) < 4.78 is 0. The van der Waals surface area contributed by atoms with E-state index in [1.54, 1.807) is 12.4 Å². The van der Waals surface area contributed by atoms with Gasteiger partial charge in [-0.25, -0.2) is 0 Å². The molecule has 1 rings (SSSR count). The number of aromatic amines is 1. The van der Waals surface area contributed by atoms with E-state index in [-0.39, 0.29) is 11.7 Å². The monoisotopic (exact) mass is 253 g/mol. The molecule has 0 aliphatic carbocycles. The third-order valence-corrected chi connectivity index (χ3v) is 3.25. The minimum absolute atomic E-state index is 0.0582. The van der Waals surface area contributed by atoms with E-state index in [1.807, 2.05) is 13.8 Å². The first kappa shape index (κ1) is 14.0. The Morgan fingerprint density at radius 2 is 2.28 bits per heavy atom. The topological polar surface area (TPSA) is 116 Å². The van der Waals surface area contributed by atoms with Gasteiger partial charge in [-0.2, -0.15) is 5.10 Å². The Hall–Kier alpha value is -2.05. The molecule has 0 aromatic carbocycles. The highest BCUT2D eigenvalue weighted by atomic mass is 16.4. The van der Waals surface area contributed by atoms with Crippen molar-refractivity contribution in [2.24, 2.45) is 16.3 Å². The summed E-state index contributed by atoms with van der Waals surface area (Å²) in [4.78, 5) is 12.2. The number of rotatable bonds is 6. The van der Waals surface area contributed by atoms with Crippen molar-refractivity contribution in [3.63, 3.8) is 0 Å². The Balaban J connectivity index is 2.77. The van der Waals surface area contributed by atoms with Crippen molar-refractivity contribution >= 4 is 11.7 Å². The summed E-state index contributed by atoms with van der Waals surface area (Å²) in [7, 11) is 0. The van der Waals surface area contributed by atoms with Crippen LogP contribution in [0.5, 0.6) is 0 Å². The van der Waals surface area contributed by atoms with Gasteiger partial charge in [0.2, 0.25) is 5.91 Å². The van der Waals surface area contributed by atoms with E-state index in [4.69, 9.17) is 10.9 Å². The summed E-state index contributed by atoms with van der Waals surface area (Å²) in [5, 5.41) is 21.0. The zero-order valence-electron chi connectivity index (χ0n) is 10.6. The standard InChI is InChI=1S/C11H19N5O2/c1-3-11(4-2,9(12)16-18)10(17)13-5-8-6-14-15-7-8/h6-7,18H,3-5H2,1-2H3,(H2,12,16)(H,13,17)(H,14,15). The quantitative estimate of drug-likeness (QED) is 0.257. The largest absolute Gasteiger partial charge is 0.409 e. The molecule has 0 spiro atoms. The van der Waals surface area contributed by atoms with Gasteiger partial charge < -0.3 is 16.3 Å². The molecule has 0 fully saturated rings. The molecule has 5 N–H and O–H groups in total. The molecular formula is C11H19N5O2. The average molecular weight is 253 g/mol. The summed E-state index contributed by atoms with van der Waals surface area (Å²) in [6.45, 7) is 4.02. The van der Waals surface area contributed by atoms with E-state index in [0.29, 0.717) is 19.4 Å². The zero-order valence-corrected chi connectivity index (χ0v) is 10.6. The molecule has 0 atom stereocenters. The molecule has 100 valence electrons. The van der Waals surface area contributed by atoms with Crippen molar-refractivity contribution < 1.29 is 10.0 Å². The molecule has 0 saturated heterocycles. The molecule has 0 aliphatic rings. The Bertz CT molecular complexity index is 409. The number of aromatic nitrogens is 2. The fourth-order valence-corrected chi connectivity index (χ4v) is 1.87. The number of nitrogens with one attached hydrogen (secondary N) is 2. The summed E-state index contributed by atoms with van der Waals surface area (Å²) in [6, 6.07) is 0. The minimum Gasteiger partial charge on any atom is -0.409 e. The summed E-state index contributed by atoms with van der Waals surface area (Å²) >= 11 is 0. The van der Waals surface area contributed by atoms with Crippen molar-refractivity contribution in [2.45, 2.75) is 33.2 Å². The highest BCUT2D eigenvalue weighted by Crippen LogP contribution is 2.27. The van der Waals surface area contributed by atoms with Crippen LogP contribution < -0.4 is 11.1 Å². The van der Waals surface area contributed by atoms with E-state index >= 15 is 0 Å². The van der Waals surface area contributed by atoms with Gasteiger partial charge in [-0.05, 0) is 12.8 Å². The average Bonchev–Trinajstić information content (AvgIpc) is 2.91. The molecule has 0 bridgehead atoms. The first-order valence-electron chi connectivity index (χ1n) is 5.84. The lowest BCUT2D eigenvalue weighted by atomic mass is 9.80. The molecule has 0 aliphatic heterocycles. The van der Waals surface area contributed by atoms with Crippen LogP contribution in [-0.4, -0.2) is 27.1 Å². The summed E-state index contributed by atoms with van der Waals surface area (Å²) in [5.41, 5.74) is 5.55. The van der Waals surface area contributed by atoms with Crippen LogP contribution in [0.2, 0.25) is 0 Å². The van der Waals surface area contributed by atoms with Gasteiger partial charge in [0, 0.05) is 18.3 Å². The van der Waals surface area contributed by atoms with Crippen molar-refractivity contribution in [1.82, 2.24) is 15.5 Å². The number of nitrogens with zero attached hydrogens (tertiary/aromatic N) is 2. The highest BCUT2D eigenvalue weighted by Gasteiger charge is 2.39. The van der Waals surface area contributed by atoms with Crippen LogP contribution >= 0.6 is 0 Å². The second-order valence-electron chi connectivity index (χ2n) is 4.06. The van der Waals surface area contributed by atoms with Crippen LogP contribution in [0.15, 0.2) is 17.5 Å². The third-order valence-electron chi connectivity index (χ3n) is 3.25. The molecule has 18 heavy (non-hydrogen) atoms. The SMILES string of the molecule is CCC(CC)(C(=O)NCc1cn[nH]c1)C(N)=NO. The maximum absolute atomic E-state index is 12.2. The van der Waals surface area contributed by atoms with Gasteiger partial charge in [0.05, 0.1) is 6.20 Å². The minimum atomic E-state index is -0.960. The lowest BCUT2D eigenvalue weighted by molar-refractivity contribution is -0.128. The van der Waals surface area contributed by atoms with Gasteiger partial charge in [0.15, 0.2) is 5.84 Å². The summed E-state index contributed by atoms with van der Waals surface area (Å²) in [5.74, 6) is -0.304. The molecule has 7 heteroatoms. The number of amides is 1. The Morgan fingerprint density at radius 3 is 2.72 bits per heavy atom. The first-order chi connectivity index (χ1) is 8.60. The van der Waals surface area contributed by atoms with E-state index < -0.39 is 5.41 Å². The molecule has 1 heterocycles. The summed E-state index contributed by atoms with van der Waals surface area (Å²) in [6.07, 6.45) is 4.26. The van der Waals surface area contributed by atoms with Gasteiger partial charge in [0.25, 0.3) is 0 Å². The van der Waals surface area contributed by atoms with E-state index in [1.165, 1.54) is 0 Å². The molecule has 1 aromatic heterocycles. The smallest absolute Gasteiger partial charge is 0.234 e. The van der Waals surface area contributed by atoms with E-state index in [0.717, 1.165) is 5.56 Å². The van der Waals surface area contributed by atoms with Crippen molar-refractivity contribution in [2.75, 3.05) is 0 Å². The maximum Gasteiger partial charge on any atom is 0.234 e. The van der Waals surface area contributed by atoms with Gasteiger partial charge in [-0.3, -0.25) is 9.89 Å². The molecule has 1 aromatic rings. The van der Waals surface area contributed by atoms with Crippen LogP contribution in [0.1, 0.15) is 32.3 Å². The molecule has 0 radical (unpaired) electrons. The lowest BCUT2D eigenvalue weighted by Gasteiger charge is -2.28. The zero-order chi connectivity index (χ0) is 13.6. The fourth-order valence-electron chi connectivity index (χ4n) is 1.87. The number of carbonyl (C=O) groups excluding carboxylic acids is 1. The number of H-pyrrole nitrogens is 1. The molecule has 7 nitrogen and oxygen atoms in total. The first-order valence-corrected chi connectivity index (χ1v) is 5.84. The normalized spacial score (nSPS) is 12.4. The van der Waals surface area contributed by atoms with Gasteiger partial charge >= 0.3 is 0 Å². The third kappa shape index (κ3) is 2.61. The van der Waals surface area contributed by atoms with Crippen LogP contribution in [0.3, 0.4) is 0 Å². The van der Waals surface area contributed by atoms with Crippen molar-refractivity contribution in [1.29, 1.82) is 0 Å². The molecule has 0 saturated carbocycles. The van der Waals surface area contributed by atoms with E-state index in [9.17, 15) is 4.79 Å². The second-order valence-corrected chi connectivity index (χ2v) is 4.06.